The molecule has 3 heteroatoms. The first kappa shape index (κ1) is 9.52. The summed E-state index contributed by atoms with van der Waals surface area (Å²) in [6.45, 7) is 6.27. The number of nitrogens with zero attached hydrogens (tertiary/aromatic N) is 1. The number of hydrogen-bond acceptors (Lipinski definition) is 2. The Morgan fingerprint density at radius 2 is 2.17 bits per heavy atom. The fourth-order valence-corrected chi connectivity index (χ4v) is 1.64. The molecule has 0 aromatic rings. The molecule has 1 fully saturated rings. The molecule has 3 nitrogen and oxygen atoms in total. The summed E-state index contributed by atoms with van der Waals surface area (Å²) >= 11 is 0. The van der Waals surface area contributed by atoms with Crippen molar-refractivity contribution < 1.29 is 9.90 Å². The van der Waals surface area contributed by atoms with Crippen molar-refractivity contribution in [2.75, 3.05) is 6.54 Å². The Labute approximate surface area is 73.4 Å². The summed E-state index contributed by atoms with van der Waals surface area (Å²) in [5.74, 6) is 0.191. The van der Waals surface area contributed by atoms with E-state index in [1.54, 1.807) is 4.90 Å². The minimum Gasteiger partial charge on any atom is -0.391 e. The van der Waals surface area contributed by atoms with Crippen LogP contribution < -0.4 is 0 Å². The van der Waals surface area contributed by atoms with Crippen molar-refractivity contribution in [1.82, 2.24) is 4.90 Å². The fraction of sp³-hybridized carbons (Fsp3) is 0.889. The molecule has 0 spiro atoms. The van der Waals surface area contributed by atoms with E-state index in [1.807, 2.05) is 20.8 Å². The van der Waals surface area contributed by atoms with Crippen LogP contribution in [0.4, 0.5) is 0 Å². The van der Waals surface area contributed by atoms with E-state index in [-0.39, 0.29) is 24.0 Å². The summed E-state index contributed by atoms with van der Waals surface area (Å²) in [5.41, 5.74) is 0. The molecule has 0 aliphatic carbocycles. The van der Waals surface area contributed by atoms with E-state index >= 15 is 0 Å². The van der Waals surface area contributed by atoms with Crippen LogP contribution in [0, 0.1) is 5.92 Å². The molecule has 1 rings (SSSR count). The molecule has 0 aromatic heterocycles. The Balaban J connectivity index is 2.58. The Hall–Kier alpha value is -0.570. The molecular formula is C9H17NO2. The number of carbonyl (C=O) groups excluding carboxylic acids is 1. The van der Waals surface area contributed by atoms with Crippen LogP contribution in [0.2, 0.25) is 0 Å². The third-order valence-electron chi connectivity index (χ3n) is 2.33. The zero-order valence-corrected chi connectivity index (χ0v) is 7.95. The monoisotopic (exact) mass is 171 g/mol. The third-order valence-corrected chi connectivity index (χ3v) is 2.33. The Morgan fingerprint density at radius 1 is 1.58 bits per heavy atom. The van der Waals surface area contributed by atoms with Crippen molar-refractivity contribution in [3.05, 3.63) is 0 Å². The lowest BCUT2D eigenvalue weighted by atomic mass is 10.1. The van der Waals surface area contributed by atoms with Gasteiger partial charge in [-0.25, -0.2) is 0 Å². The molecule has 0 bridgehead atoms. The van der Waals surface area contributed by atoms with Gasteiger partial charge in [-0.2, -0.15) is 0 Å². The van der Waals surface area contributed by atoms with Gasteiger partial charge in [0.05, 0.1) is 6.10 Å². The molecule has 1 amide bonds. The second-order valence-electron chi connectivity index (χ2n) is 3.88. The molecule has 0 radical (unpaired) electrons. The summed E-state index contributed by atoms with van der Waals surface area (Å²) in [6.07, 6.45) is 0.404. The predicted molar refractivity (Wildman–Crippen MR) is 46.6 cm³/mol. The molecule has 1 heterocycles. The Bertz CT molecular complexity index is 179. The number of hydrogen-bond donors (Lipinski definition) is 1. The van der Waals surface area contributed by atoms with Gasteiger partial charge in [0.15, 0.2) is 0 Å². The van der Waals surface area contributed by atoms with Crippen molar-refractivity contribution >= 4 is 5.91 Å². The van der Waals surface area contributed by atoms with Crippen molar-refractivity contribution in [1.29, 1.82) is 0 Å². The first-order chi connectivity index (χ1) is 5.52. The molecule has 2 atom stereocenters. The lowest BCUT2D eigenvalue weighted by molar-refractivity contribution is -0.135. The topological polar surface area (TPSA) is 40.5 Å². The molecule has 12 heavy (non-hydrogen) atoms. The van der Waals surface area contributed by atoms with Crippen LogP contribution in [0.3, 0.4) is 0 Å². The van der Waals surface area contributed by atoms with Crippen molar-refractivity contribution in [2.24, 2.45) is 5.92 Å². The zero-order chi connectivity index (χ0) is 9.30. The van der Waals surface area contributed by atoms with Gasteiger partial charge in [0.25, 0.3) is 0 Å². The SMILES string of the molecule is CC(C)C(=O)N1C[C@H](O)C[C@H]1C. The molecule has 1 aliphatic rings. The maximum Gasteiger partial charge on any atom is 0.225 e. The summed E-state index contributed by atoms with van der Waals surface area (Å²) in [7, 11) is 0. The molecule has 0 saturated carbocycles. The van der Waals surface area contributed by atoms with E-state index in [9.17, 15) is 9.90 Å². The van der Waals surface area contributed by atoms with Gasteiger partial charge in [-0.15, -0.1) is 0 Å². The lowest BCUT2D eigenvalue weighted by Crippen LogP contribution is -2.37. The lowest BCUT2D eigenvalue weighted by Gasteiger charge is -2.22. The zero-order valence-electron chi connectivity index (χ0n) is 7.95. The summed E-state index contributed by atoms with van der Waals surface area (Å²) in [6, 6.07) is 0.204. The fourth-order valence-electron chi connectivity index (χ4n) is 1.64. The van der Waals surface area contributed by atoms with E-state index in [2.05, 4.69) is 0 Å². The second-order valence-corrected chi connectivity index (χ2v) is 3.88. The van der Waals surface area contributed by atoms with Gasteiger partial charge in [-0.1, -0.05) is 13.8 Å². The number of aliphatic hydroxyl groups is 1. The highest BCUT2D eigenvalue weighted by Crippen LogP contribution is 2.19. The van der Waals surface area contributed by atoms with Gasteiger partial charge in [-0.05, 0) is 13.3 Å². The maximum absolute atomic E-state index is 11.5. The van der Waals surface area contributed by atoms with Crippen molar-refractivity contribution in [3.63, 3.8) is 0 Å². The molecule has 1 saturated heterocycles. The molecule has 1 N–H and O–H groups in total. The molecule has 70 valence electrons. The van der Waals surface area contributed by atoms with Crippen LogP contribution in [-0.4, -0.2) is 34.6 Å². The van der Waals surface area contributed by atoms with Crippen LogP contribution in [0.15, 0.2) is 0 Å². The smallest absolute Gasteiger partial charge is 0.225 e. The highest BCUT2D eigenvalue weighted by atomic mass is 16.3. The number of carbonyl (C=O) groups is 1. The summed E-state index contributed by atoms with van der Waals surface area (Å²) in [4.78, 5) is 13.3. The van der Waals surface area contributed by atoms with E-state index < -0.39 is 0 Å². The van der Waals surface area contributed by atoms with Crippen LogP contribution in [-0.2, 0) is 4.79 Å². The van der Waals surface area contributed by atoms with Gasteiger partial charge in [-0.3, -0.25) is 4.79 Å². The van der Waals surface area contributed by atoms with Crippen molar-refractivity contribution in [3.8, 4) is 0 Å². The predicted octanol–water partition coefficient (Wildman–Crippen LogP) is 0.624. The van der Waals surface area contributed by atoms with E-state index in [0.29, 0.717) is 6.54 Å². The largest absolute Gasteiger partial charge is 0.391 e. The second kappa shape index (κ2) is 3.44. The summed E-state index contributed by atoms with van der Waals surface area (Å²) < 4.78 is 0. The van der Waals surface area contributed by atoms with Gasteiger partial charge in [0.2, 0.25) is 5.91 Å². The van der Waals surface area contributed by atoms with E-state index in [1.165, 1.54) is 0 Å². The Morgan fingerprint density at radius 3 is 2.50 bits per heavy atom. The third kappa shape index (κ3) is 1.78. The van der Waals surface area contributed by atoms with Gasteiger partial charge >= 0.3 is 0 Å². The number of rotatable bonds is 1. The number of likely N-dealkylation sites (tertiary alicyclic amines) is 1. The van der Waals surface area contributed by atoms with Gasteiger partial charge in [0, 0.05) is 18.5 Å². The molecule has 0 unspecified atom stereocenters. The average molecular weight is 171 g/mol. The number of aliphatic hydroxyl groups excluding tert-OH is 1. The minimum atomic E-state index is -0.317. The summed E-state index contributed by atoms with van der Waals surface area (Å²) in [5, 5.41) is 9.31. The van der Waals surface area contributed by atoms with Crippen LogP contribution in [0.25, 0.3) is 0 Å². The standard InChI is InChI=1S/C9H17NO2/c1-6(2)9(12)10-5-8(11)4-7(10)3/h6-8,11H,4-5H2,1-3H3/t7-,8-/m1/s1. The van der Waals surface area contributed by atoms with Crippen LogP contribution >= 0.6 is 0 Å². The highest BCUT2D eigenvalue weighted by Gasteiger charge is 2.31. The maximum atomic E-state index is 11.5. The highest BCUT2D eigenvalue weighted by molar-refractivity contribution is 5.78. The van der Waals surface area contributed by atoms with Gasteiger partial charge in [0.1, 0.15) is 0 Å². The van der Waals surface area contributed by atoms with E-state index in [4.69, 9.17) is 0 Å². The first-order valence-electron chi connectivity index (χ1n) is 4.51. The molecule has 0 aromatic carbocycles. The normalized spacial score (nSPS) is 29.9. The van der Waals surface area contributed by atoms with E-state index in [0.717, 1.165) is 6.42 Å². The number of β-amino-alcohol motifs (C(OH)–C–C–N with tert-alkyl or cyclic N) is 1. The molecule has 1 aliphatic heterocycles. The molecular weight excluding hydrogens is 154 g/mol. The minimum absolute atomic E-state index is 0.0396. The average Bonchev–Trinajstić information content (AvgIpc) is 2.28. The quantitative estimate of drug-likeness (QED) is 0.628. The Kier molecular flexibility index (Phi) is 2.73. The van der Waals surface area contributed by atoms with Crippen LogP contribution in [0.5, 0.6) is 0 Å². The first-order valence-corrected chi connectivity index (χ1v) is 4.51. The van der Waals surface area contributed by atoms with Gasteiger partial charge < -0.3 is 10.0 Å². The van der Waals surface area contributed by atoms with Crippen molar-refractivity contribution in [2.45, 2.75) is 39.3 Å². The van der Waals surface area contributed by atoms with Crippen LogP contribution in [0.1, 0.15) is 27.2 Å². The number of amides is 1.